The Kier molecular flexibility index (Phi) is 5.09. The number of benzene rings is 2. The zero-order valence-electron chi connectivity index (χ0n) is 15.9. The summed E-state index contributed by atoms with van der Waals surface area (Å²) in [5, 5.41) is 11.2. The first-order valence-electron chi connectivity index (χ1n) is 9.21. The molecule has 28 heavy (non-hydrogen) atoms. The zero-order chi connectivity index (χ0) is 19.7. The van der Waals surface area contributed by atoms with Gasteiger partial charge in [0.1, 0.15) is 6.04 Å². The highest BCUT2D eigenvalue weighted by Crippen LogP contribution is 2.25. The number of rotatable bonds is 4. The molecule has 144 valence electrons. The molecule has 3 aromatic rings. The quantitative estimate of drug-likeness (QED) is 0.712. The number of carbonyl (C=O) groups excluding carboxylic acids is 2. The van der Waals surface area contributed by atoms with Gasteiger partial charge in [-0.1, -0.05) is 30.3 Å². The molecular weight excluding hydrogens is 372 g/mol. The number of H-pyrrole nitrogens is 1. The maximum absolute atomic E-state index is 12.9. The highest BCUT2D eigenvalue weighted by atomic mass is 32.2. The van der Waals surface area contributed by atoms with Crippen molar-refractivity contribution in [1.29, 1.82) is 0 Å². The van der Waals surface area contributed by atoms with Crippen LogP contribution in [0, 0.1) is 13.8 Å². The number of fused-ring (bicyclic) bond motifs is 1. The van der Waals surface area contributed by atoms with E-state index in [2.05, 4.69) is 15.5 Å². The molecule has 1 aromatic heterocycles. The van der Waals surface area contributed by atoms with Crippen LogP contribution < -0.4 is 5.32 Å². The van der Waals surface area contributed by atoms with Crippen LogP contribution in [0.4, 0.5) is 5.69 Å². The molecule has 0 bridgehead atoms. The number of amides is 2. The number of nitrogens with zero attached hydrogens (tertiary/aromatic N) is 2. The normalized spacial score (nSPS) is 16.5. The topological polar surface area (TPSA) is 78.1 Å². The minimum Gasteiger partial charge on any atom is -0.324 e. The molecule has 1 aliphatic rings. The number of aromatic nitrogens is 2. The van der Waals surface area contributed by atoms with Gasteiger partial charge in [0.05, 0.1) is 23.5 Å². The Labute approximate surface area is 167 Å². The van der Waals surface area contributed by atoms with Crippen LogP contribution in [0.3, 0.4) is 0 Å². The summed E-state index contributed by atoms with van der Waals surface area (Å²) in [5.74, 6) is 0.920. The number of carbonyl (C=O) groups is 2. The van der Waals surface area contributed by atoms with Crippen molar-refractivity contribution in [1.82, 2.24) is 15.1 Å². The summed E-state index contributed by atoms with van der Waals surface area (Å²) in [4.78, 5) is 27.5. The van der Waals surface area contributed by atoms with E-state index in [1.54, 1.807) is 16.7 Å². The summed E-state index contributed by atoms with van der Waals surface area (Å²) in [7, 11) is 0. The molecule has 2 amide bonds. The van der Waals surface area contributed by atoms with Gasteiger partial charge in [-0.25, -0.2) is 0 Å². The smallest absolute Gasteiger partial charge is 0.248 e. The molecular formula is C21H22N4O2S. The lowest BCUT2D eigenvalue weighted by Gasteiger charge is -2.23. The van der Waals surface area contributed by atoms with Gasteiger partial charge in [0.2, 0.25) is 11.8 Å². The largest absolute Gasteiger partial charge is 0.324 e. The van der Waals surface area contributed by atoms with Gasteiger partial charge in [-0.2, -0.15) is 5.10 Å². The van der Waals surface area contributed by atoms with E-state index in [9.17, 15) is 9.59 Å². The first kappa shape index (κ1) is 18.6. The molecule has 7 heteroatoms. The van der Waals surface area contributed by atoms with Crippen LogP contribution in [0.5, 0.6) is 0 Å². The van der Waals surface area contributed by atoms with Crippen LogP contribution in [-0.4, -0.2) is 44.6 Å². The lowest BCUT2D eigenvalue weighted by molar-refractivity contribution is -0.135. The molecule has 1 fully saturated rings. The lowest BCUT2D eigenvalue weighted by Crippen LogP contribution is -2.45. The zero-order valence-corrected chi connectivity index (χ0v) is 16.7. The summed E-state index contributed by atoms with van der Waals surface area (Å²) in [6.45, 7) is 4.00. The van der Waals surface area contributed by atoms with Gasteiger partial charge in [0.15, 0.2) is 0 Å². The molecule has 2 aromatic carbocycles. The Balaban J connectivity index is 1.49. The predicted molar refractivity (Wildman–Crippen MR) is 112 cm³/mol. The minimum atomic E-state index is -0.466. The molecule has 0 spiro atoms. The Bertz CT molecular complexity index is 1050. The molecule has 1 atom stereocenters. The van der Waals surface area contributed by atoms with Crippen LogP contribution in [0.25, 0.3) is 10.9 Å². The maximum Gasteiger partial charge on any atom is 0.248 e. The fourth-order valence-electron chi connectivity index (χ4n) is 3.41. The Hall–Kier alpha value is -2.80. The fourth-order valence-corrected chi connectivity index (χ4v) is 4.59. The molecule has 2 heterocycles. The average Bonchev–Trinajstić information content (AvgIpc) is 3.33. The predicted octanol–water partition coefficient (Wildman–Crippen LogP) is 3.26. The van der Waals surface area contributed by atoms with Crippen LogP contribution in [0.2, 0.25) is 0 Å². The van der Waals surface area contributed by atoms with E-state index in [0.717, 1.165) is 33.4 Å². The third-order valence-corrected chi connectivity index (χ3v) is 6.25. The molecule has 0 radical (unpaired) electrons. The molecule has 0 saturated carbocycles. The van der Waals surface area contributed by atoms with Gasteiger partial charge in [-0.3, -0.25) is 14.7 Å². The molecule has 1 unspecified atom stereocenters. The maximum atomic E-state index is 12.9. The molecule has 4 rings (SSSR count). The van der Waals surface area contributed by atoms with E-state index in [-0.39, 0.29) is 18.2 Å². The second-order valence-electron chi connectivity index (χ2n) is 7.01. The van der Waals surface area contributed by atoms with E-state index in [1.807, 2.05) is 56.3 Å². The van der Waals surface area contributed by atoms with Crippen LogP contribution in [-0.2, 0) is 16.0 Å². The van der Waals surface area contributed by atoms with Gasteiger partial charge in [0.25, 0.3) is 0 Å². The van der Waals surface area contributed by atoms with Crippen molar-refractivity contribution in [3.05, 3.63) is 59.3 Å². The van der Waals surface area contributed by atoms with Gasteiger partial charge >= 0.3 is 0 Å². The number of nitrogens with one attached hydrogen (secondary N) is 2. The summed E-state index contributed by atoms with van der Waals surface area (Å²) in [6.07, 6.45) is 0.203. The van der Waals surface area contributed by atoms with Crippen LogP contribution in [0.15, 0.2) is 42.5 Å². The van der Waals surface area contributed by atoms with E-state index < -0.39 is 6.04 Å². The van der Waals surface area contributed by atoms with Gasteiger partial charge in [-0.05, 0) is 37.1 Å². The molecule has 0 aliphatic carbocycles. The number of anilines is 1. The van der Waals surface area contributed by atoms with Crippen molar-refractivity contribution in [3.8, 4) is 0 Å². The number of aromatic amines is 1. The molecule has 6 nitrogen and oxygen atoms in total. The van der Waals surface area contributed by atoms with Crippen LogP contribution in [0.1, 0.15) is 16.8 Å². The van der Waals surface area contributed by atoms with Crippen molar-refractivity contribution in [2.75, 3.05) is 16.9 Å². The van der Waals surface area contributed by atoms with E-state index in [0.29, 0.717) is 11.6 Å². The Morgan fingerprint density at radius 1 is 1.21 bits per heavy atom. The average molecular weight is 395 g/mol. The van der Waals surface area contributed by atoms with Gasteiger partial charge in [0, 0.05) is 16.8 Å². The third kappa shape index (κ3) is 3.49. The van der Waals surface area contributed by atoms with Crippen molar-refractivity contribution in [3.63, 3.8) is 0 Å². The van der Waals surface area contributed by atoms with Crippen LogP contribution >= 0.6 is 11.8 Å². The summed E-state index contributed by atoms with van der Waals surface area (Å²) in [5.41, 5.74) is 4.59. The number of aryl methyl sites for hydroxylation is 1. The monoisotopic (exact) mass is 394 g/mol. The van der Waals surface area contributed by atoms with Crippen molar-refractivity contribution >= 4 is 40.2 Å². The fraction of sp³-hybridized carbons (Fsp3) is 0.286. The van der Waals surface area contributed by atoms with E-state index in [4.69, 9.17) is 0 Å². The lowest BCUT2D eigenvalue weighted by atomic mass is 10.1. The minimum absolute atomic E-state index is 0.0690. The Morgan fingerprint density at radius 2 is 2.04 bits per heavy atom. The van der Waals surface area contributed by atoms with Gasteiger partial charge < -0.3 is 10.2 Å². The van der Waals surface area contributed by atoms with Crippen molar-refractivity contribution in [2.45, 2.75) is 26.3 Å². The molecule has 1 aliphatic heterocycles. The third-order valence-electron chi connectivity index (χ3n) is 5.24. The highest BCUT2D eigenvalue weighted by molar-refractivity contribution is 7.99. The second kappa shape index (κ2) is 7.67. The summed E-state index contributed by atoms with van der Waals surface area (Å²) in [6, 6.07) is 13.1. The highest BCUT2D eigenvalue weighted by Gasteiger charge is 2.35. The van der Waals surface area contributed by atoms with E-state index >= 15 is 0 Å². The number of hydrogen-bond donors (Lipinski definition) is 2. The van der Waals surface area contributed by atoms with Gasteiger partial charge in [-0.15, -0.1) is 11.8 Å². The Morgan fingerprint density at radius 3 is 2.89 bits per heavy atom. The standard InChI is InChI=1S/C21H22N4O2S/c1-13-6-5-9-16(14(13)2)22-21(27)19-11-28-12-25(19)20(26)10-18-15-7-3-4-8-17(15)23-24-18/h3-9,19H,10-12H2,1-2H3,(H,22,27)(H,23,24). The number of hydrogen-bond acceptors (Lipinski definition) is 4. The number of thioether (sulfide) groups is 1. The number of para-hydroxylation sites is 1. The van der Waals surface area contributed by atoms with E-state index in [1.165, 1.54) is 0 Å². The molecule has 2 N–H and O–H groups in total. The SMILES string of the molecule is Cc1cccc(NC(=O)C2CSCN2C(=O)Cc2[nH]nc3ccccc23)c1C. The first-order chi connectivity index (χ1) is 13.5. The summed E-state index contributed by atoms with van der Waals surface area (Å²) < 4.78 is 0. The van der Waals surface area contributed by atoms with Crippen molar-refractivity contribution < 1.29 is 9.59 Å². The second-order valence-corrected chi connectivity index (χ2v) is 8.01. The summed E-state index contributed by atoms with van der Waals surface area (Å²) >= 11 is 1.60. The molecule has 1 saturated heterocycles. The first-order valence-corrected chi connectivity index (χ1v) is 10.4. The van der Waals surface area contributed by atoms with Crippen molar-refractivity contribution in [2.24, 2.45) is 0 Å².